The summed E-state index contributed by atoms with van der Waals surface area (Å²) < 4.78 is 0. The van der Waals surface area contributed by atoms with Crippen LogP contribution in [0.1, 0.15) is 43.4 Å². The fraction of sp³-hybridized carbons (Fsp3) is 0.400. The summed E-state index contributed by atoms with van der Waals surface area (Å²) in [4.78, 5) is 6.79. The van der Waals surface area contributed by atoms with E-state index in [-0.39, 0.29) is 6.04 Å². The van der Waals surface area contributed by atoms with Crippen molar-refractivity contribution in [2.24, 2.45) is 0 Å². The molecule has 1 aliphatic heterocycles. The van der Waals surface area contributed by atoms with Crippen LogP contribution in [0.25, 0.3) is 0 Å². The molecule has 0 saturated carbocycles. The first-order valence-corrected chi connectivity index (χ1v) is 9.38. The van der Waals surface area contributed by atoms with Gasteiger partial charge in [0.2, 0.25) is 0 Å². The number of anilines is 2. The van der Waals surface area contributed by atoms with Crippen LogP contribution in [0.15, 0.2) is 42.6 Å². The summed E-state index contributed by atoms with van der Waals surface area (Å²) in [5.41, 5.74) is 3.62. The molecular weight excluding hydrogens is 328 g/mol. The van der Waals surface area contributed by atoms with Gasteiger partial charge in [0.25, 0.3) is 0 Å². The lowest BCUT2D eigenvalue weighted by Crippen LogP contribution is -2.31. The van der Waals surface area contributed by atoms with E-state index in [1.807, 2.05) is 19.1 Å². The summed E-state index contributed by atoms with van der Waals surface area (Å²) in [5, 5.41) is 7.10. The second-order valence-electron chi connectivity index (χ2n) is 6.63. The molecule has 4 nitrogen and oxygen atoms in total. The van der Waals surface area contributed by atoms with Crippen LogP contribution >= 0.6 is 12.2 Å². The standard InChI is InChI=1S/C20H26N4S/c1-15-7-6-12-21-19(15)23-20(25)22-16(2)17-8-10-18(11-9-17)24-13-4-3-5-14-24/h6-12,16H,3-5,13-14H2,1-2H3,(H2,21,22,23,25). The Morgan fingerprint density at radius 2 is 1.84 bits per heavy atom. The monoisotopic (exact) mass is 354 g/mol. The molecule has 1 aromatic carbocycles. The molecule has 1 aliphatic rings. The van der Waals surface area contributed by atoms with Crippen molar-refractivity contribution in [3.05, 3.63) is 53.7 Å². The van der Waals surface area contributed by atoms with Crippen molar-refractivity contribution >= 4 is 28.8 Å². The predicted molar refractivity (Wildman–Crippen MR) is 109 cm³/mol. The van der Waals surface area contributed by atoms with Gasteiger partial charge in [-0.15, -0.1) is 0 Å². The maximum Gasteiger partial charge on any atom is 0.172 e. The summed E-state index contributed by atoms with van der Waals surface area (Å²) in [5.74, 6) is 0.799. The minimum absolute atomic E-state index is 0.138. The molecule has 25 heavy (non-hydrogen) atoms. The summed E-state index contributed by atoms with van der Waals surface area (Å²) in [6.45, 7) is 6.48. The van der Waals surface area contributed by atoms with Crippen LogP contribution in [0.2, 0.25) is 0 Å². The third-order valence-electron chi connectivity index (χ3n) is 4.70. The number of aryl methyl sites for hydroxylation is 1. The Labute approximate surface area is 155 Å². The minimum atomic E-state index is 0.138. The van der Waals surface area contributed by atoms with Crippen LogP contribution in [-0.2, 0) is 0 Å². The summed E-state index contributed by atoms with van der Waals surface area (Å²) in [7, 11) is 0. The largest absolute Gasteiger partial charge is 0.372 e. The first-order chi connectivity index (χ1) is 12.1. The van der Waals surface area contributed by atoms with Gasteiger partial charge in [0.15, 0.2) is 5.11 Å². The van der Waals surface area contributed by atoms with E-state index in [2.05, 4.69) is 51.7 Å². The van der Waals surface area contributed by atoms with E-state index in [9.17, 15) is 0 Å². The second-order valence-corrected chi connectivity index (χ2v) is 7.04. The lowest BCUT2D eigenvalue weighted by molar-refractivity contribution is 0.577. The van der Waals surface area contributed by atoms with E-state index >= 15 is 0 Å². The van der Waals surface area contributed by atoms with E-state index in [0.717, 1.165) is 11.4 Å². The number of aromatic nitrogens is 1. The molecular formula is C20H26N4S. The number of thiocarbonyl (C=S) groups is 1. The number of rotatable bonds is 4. The van der Waals surface area contributed by atoms with E-state index in [4.69, 9.17) is 12.2 Å². The van der Waals surface area contributed by atoms with Gasteiger partial charge in [0.05, 0.1) is 6.04 Å². The molecule has 3 rings (SSSR count). The normalized spacial score (nSPS) is 15.5. The van der Waals surface area contributed by atoms with Gasteiger partial charge in [-0.3, -0.25) is 0 Å². The van der Waals surface area contributed by atoms with Crippen molar-refractivity contribution in [3.63, 3.8) is 0 Å². The number of piperidine rings is 1. The van der Waals surface area contributed by atoms with Crippen LogP contribution in [0, 0.1) is 6.92 Å². The van der Waals surface area contributed by atoms with Gasteiger partial charge < -0.3 is 15.5 Å². The molecule has 132 valence electrons. The van der Waals surface area contributed by atoms with Crippen LogP contribution in [-0.4, -0.2) is 23.2 Å². The molecule has 2 N–H and O–H groups in total. The van der Waals surface area contributed by atoms with Crippen LogP contribution in [0.3, 0.4) is 0 Å². The zero-order valence-electron chi connectivity index (χ0n) is 15.0. The zero-order valence-corrected chi connectivity index (χ0v) is 15.8. The maximum atomic E-state index is 5.43. The minimum Gasteiger partial charge on any atom is -0.372 e. The number of nitrogens with zero attached hydrogens (tertiary/aromatic N) is 2. The number of nitrogens with one attached hydrogen (secondary N) is 2. The SMILES string of the molecule is Cc1cccnc1NC(=S)NC(C)c1ccc(N2CCCCC2)cc1. The van der Waals surface area contributed by atoms with Crippen molar-refractivity contribution in [1.82, 2.24) is 10.3 Å². The van der Waals surface area contributed by atoms with E-state index in [1.54, 1.807) is 6.20 Å². The van der Waals surface area contributed by atoms with Gasteiger partial charge in [-0.1, -0.05) is 18.2 Å². The molecule has 2 aromatic rings. The number of hydrogen-bond donors (Lipinski definition) is 2. The Morgan fingerprint density at radius 3 is 2.52 bits per heavy atom. The van der Waals surface area contributed by atoms with Crippen LogP contribution < -0.4 is 15.5 Å². The first-order valence-electron chi connectivity index (χ1n) is 8.97. The van der Waals surface area contributed by atoms with Gasteiger partial charge in [0, 0.05) is 25.0 Å². The molecule has 5 heteroatoms. The summed E-state index contributed by atoms with van der Waals surface area (Å²) >= 11 is 5.43. The Bertz CT molecular complexity index is 708. The van der Waals surface area contributed by atoms with Gasteiger partial charge in [0.1, 0.15) is 5.82 Å². The smallest absolute Gasteiger partial charge is 0.172 e. The van der Waals surface area contributed by atoms with Crippen molar-refractivity contribution < 1.29 is 0 Å². The molecule has 1 aromatic heterocycles. The Hall–Kier alpha value is -2.14. The van der Waals surface area contributed by atoms with Crippen LogP contribution in [0.4, 0.5) is 11.5 Å². The average Bonchev–Trinajstić information content (AvgIpc) is 2.64. The van der Waals surface area contributed by atoms with E-state index < -0.39 is 0 Å². The molecule has 2 heterocycles. The highest BCUT2D eigenvalue weighted by Gasteiger charge is 2.12. The van der Waals surface area contributed by atoms with Crippen molar-refractivity contribution in [2.75, 3.05) is 23.3 Å². The number of hydrogen-bond acceptors (Lipinski definition) is 3. The molecule has 0 radical (unpaired) electrons. The lowest BCUT2D eigenvalue weighted by Gasteiger charge is -2.29. The number of benzene rings is 1. The lowest BCUT2D eigenvalue weighted by atomic mass is 10.1. The third-order valence-corrected chi connectivity index (χ3v) is 4.92. The molecule has 1 saturated heterocycles. The van der Waals surface area contributed by atoms with Crippen LogP contribution in [0.5, 0.6) is 0 Å². The number of pyridine rings is 1. The molecule has 1 unspecified atom stereocenters. The first kappa shape index (κ1) is 17.7. The fourth-order valence-electron chi connectivity index (χ4n) is 3.17. The highest BCUT2D eigenvalue weighted by molar-refractivity contribution is 7.80. The second kappa shape index (κ2) is 8.30. The summed E-state index contributed by atoms with van der Waals surface area (Å²) in [6, 6.07) is 12.9. The van der Waals surface area contributed by atoms with Gasteiger partial charge in [-0.25, -0.2) is 4.98 Å². The molecule has 1 fully saturated rings. The Kier molecular flexibility index (Phi) is 5.87. The van der Waals surface area contributed by atoms with Crippen molar-refractivity contribution in [1.29, 1.82) is 0 Å². The third kappa shape index (κ3) is 4.69. The van der Waals surface area contributed by atoms with E-state index in [1.165, 1.54) is 43.6 Å². The van der Waals surface area contributed by atoms with Gasteiger partial charge in [-0.2, -0.15) is 0 Å². The molecule has 0 bridgehead atoms. The Morgan fingerprint density at radius 1 is 1.12 bits per heavy atom. The van der Waals surface area contributed by atoms with Crippen molar-refractivity contribution in [2.45, 2.75) is 39.2 Å². The Balaban J connectivity index is 1.58. The van der Waals surface area contributed by atoms with Gasteiger partial charge >= 0.3 is 0 Å². The molecule has 0 aliphatic carbocycles. The highest BCUT2D eigenvalue weighted by atomic mass is 32.1. The zero-order chi connectivity index (χ0) is 17.6. The van der Waals surface area contributed by atoms with E-state index in [0.29, 0.717) is 5.11 Å². The highest BCUT2D eigenvalue weighted by Crippen LogP contribution is 2.22. The fourth-order valence-corrected chi connectivity index (χ4v) is 3.44. The average molecular weight is 355 g/mol. The molecule has 0 spiro atoms. The predicted octanol–water partition coefficient (Wildman–Crippen LogP) is 4.43. The quantitative estimate of drug-likeness (QED) is 0.795. The van der Waals surface area contributed by atoms with Crippen molar-refractivity contribution in [3.8, 4) is 0 Å². The summed E-state index contributed by atoms with van der Waals surface area (Å²) in [6.07, 6.45) is 5.72. The molecule has 0 amide bonds. The topological polar surface area (TPSA) is 40.2 Å². The maximum absolute atomic E-state index is 5.43. The van der Waals surface area contributed by atoms with Gasteiger partial charge in [-0.05, 0) is 74.7 Å². The molecule has 1 atom stereocenters.